The minimum absolute atomic E-state index is 0.00354. The van der Waals surface area contributed by atoms with E-state index in [2.05, 4.69) is 42.8 Å². The second-order valence-electron chi connectivity index (χ2n) is 13.1. The highest BCUT2D eigenvalue weighted by Crippen LogP contribution is 2.57. The smallest absolute Gasteiger partial charge is 0.306 e. The van der Waals surface area contributed by atoms with E-state index in [4.69, 9.17) is 23.7 Å². The van der Waals surface area contributed by atoms with E-state index < -0.39 is 12.1 Å². The molecule has 0 saturated carbocycles. The summed E-state index contributed by atoms with van der Waals surface area (Å²) in [5.74, 6) is 1.67. The number of aryl methyl sites for hydroxylation is 2. The first-order chi connectivity index (χ1) is 22.7. The number of hydrogen-bond acceptors (Lipinski definition) is 10. The SMILES string of the molecule is COCOc1c(C)c(C)cc2c1[C@@H]1C3Cc4c(O)c(C)c5c(c4[C@H](COC(=O)CCc4ccccc4)N3[C@@H](C#N)[C@@H](C2)N1C)OCO5. The summed E-state index contributed by atoms with van der Waals surface area (Å²) in [5.41, 5.74) is 7.54. The third-order valence-electron chi connectivity index (χ3n) is 10.6. The Morgan fingerprint density at radius 3 is 2.57 bits per heavy atom. The number of benzene rings is 3. The van der Waals surface area contributed by atoms with Crippen LogP contribution in [0.25, 0.3) is 0 Å². The van der Waals surface area contributed by atoms with Crippen molar-refractivity contribution in [3.05, 3.63) is 80.9 Å². The Bertz CT molecular complexity index is 1750. The van der Waals surface area contributed by atoms with Gasteiger partial charge in [0.25, 0.3) is 0 Å². The van der Waals surface area contributed by atoms with E-state index in [1.54, 1.807) is 7.11 Å². The van der Waals surface area contributed by atoms with Crippen molar-refractivity contribution in [3.8, 4) is 29.1 Å². The predicted octanol–water partition coefficient (Wildman–Crippen LogP) is 4.98. The molecule has 1 N–H and O–H groups in total. The number of phenols is 1. The maximum absolute atomic E-state index is 13.2. The van der Waals surface area contributed by atoms with Gasteiger partial charge in [-0.05, 0) is 69.3 Å². The van der Waals surface area contributed by atoms with E-state index in [-0.39, 0.29) is 56.5 Å². The Balaban J connectivity index is 1.34. The average Bonchev–Trinajstić information content (AvgIpc) is 3.56. The van der Waals surface area contributed by atoms with Crippen molar-refractivity contribution in [2.75, 3.05) is 34.4 Å². The molecule has 4 heterocycles. The average molecular weight is 640 g/mol. The molecule has 4 aliphatic rings. The van der Waals surface area contributed by atoms with Crippen molar-refractivity contribution in [2.45, 2.75) is 76.7 Å². The second kappa shape index (κ2) is 12.4. The van der Waals surface area contributed by atoms with Crippen LogP contribution in [0.4, 0.5) is 0 Å². The highest BCUT2D eigenvalue weighted by atomic mass is 16.7. The molecule has 10 nitrogen and oxygen atoms in total. The molecule has 47 heavy (non-hydrogen) atoms. The van der Waals surface area contributed by atoms with Crippen LogP contribution in [0, 0.1) is 32.1 Å². The number of rotatable bonds is 8. The van der Waals surface area contributed by atoms with Crippen LogP contribution in [0.3, 0.4) is 0 Å². The third-order valence-corrected chi connectivity index (χ3v) is 10.6. The molecule has 1 saturated heterocycles. The summed E-state index contributed by atoms with van der Waals surface area (Å²) < 4.78 is 29.6. The molecule has 0 aliphatic carbocycles. The van der Waals surface area contributed by atoms with Crippen molar-refractivity contribution in [2.24, 2.45) is 0 Å². The molecule has 5 atom stereocenters. The molecule has 0 aromatic heterocycles. The zero-order valence-electron chi connectivity index (χ0n) is 27.5. The van der Waals surface area contributed by atoms with Crippen LogP contribution in [0.15, 0.2) is 36.4 Å². The molecule has 0 spiro atoms. The van der Waals surface area contributed by atoms with Crippen molar-refractivity contribution in [3.63, 3.8) is 0 Å². The first-order valence-electron chi connectivity index (χ1n) is 16.2. The van der Waals surface area contributed by atoms with Crippen LogP contribution in [-0.4, -0.2) is 73.4 Å². The number of fused-ring (bicyclic) bond motifs is 9. The summed E-state index contributed by atoms with van der Waals surface area (Å²) in [7, 11) is 3.69. The fraction of sp³-hybridized carbons (Fsp3) is 0.459. The molecule has 2 bridgehead atoms. The van der Waals surface area contributed by atoms with Gasteiger partial charge in [-0.15, -0.1) is 0 Å². The normalized spacial score (nSPS) is 24.1. The van der Waals surface area contributed by atoms with Gasteiger partial charge in [0.2, 0.25) is 6.79 Å². The van der Waals surface area contributed by atoms with Gasteiger partial charge in [0, 0.05) is 47.9 Å². The number of methoxy groups -OCH3 is 1. The first-order valence-corrected chi connectivity index (χ1v) is 16.2. The monoisotopic (exact) mass is 639 g/mol. The Kier molecular flexibility index (Phi) is 8.25. The molecule has 4 aliphatic heterocycles. The number of phenolic OH excluding ortho intramolecular Hbond substituents is 1. The van der Waals surface area contributed by atoms with Crippen molar-refractivity contribution in [1.82, 2.24) is 9.80 Å². The number of carbonyl (C=O) groups is 1. The number of hydrogen-bond donors (Lipinski definition) is 1. The van der Waals surface area contributed by atoms with E-state index in [0.29, 0.717) is 36.3 Å². The fourth-order valence-corrected chi connectivity index (χ4v) is 8.29. The number of esters is 1. The minimum Gasteiger partial charge on any atom is -0.507 e. The third kappa shape index (κ3) is 5.08. The maximum atomic E-state index is 13.2. The van der Waals surface area contributed by atoms with Gasteiger partial charge in [-0.1, -0.05) is 36.4 Å². The molecule has 0 amide bonds. The van der Waals surface area contributed by atoms with Crippen LogP contribution in [-0.2, 0) is 33.5 Å². The summed E-state index contributed by atoms with van der Waals surface area (Å²) in [6.07, 6.45) is 1.90. The van der Waals surface area contributed by atoms with Gasteiger partial charge in [0.15, 0.2) is 18.3 Å². The quantitative estimate of drug-likeness (QED) is 0.268. The van der Waals surface area contributed by atoms with Gasteiger partial charge in [0.05, 0.1) is 18.2 Å². The summed E-state index contributed by atoms with van der Waals surface area (Å²) in [6.45, 7) is 6.12. The molecule has 1 unspecified atom stereocenters. The van der Waals surface area contributed by atoms with Crippen molar-refractivity contribution in [1.29, 1.82) is 5.26 Å². The number of nitrogens with zero attached hydrogens (tertiary/aromatic N) is 3. The number of likely N-dealkylation sites (N-methyl/N-ethyl adjacent to an activating group) is 1. The van der Waals surface area contributed by atoms with E-state index in [1.165, 1.54) is 0 Å². The molecular weight excluding hydrogens is 598 g/mol. The van der Waals surface area contributed by atoms with Crippen molar-refractivity contribution >= 4 is 5.97 Å². The Labute approximate surface area is 275 Å². The van der Waals surface area contributed by atoms with Crippen LogP contribution in [0.1, 0.15) is 63.0 Å². The van der Waals surface area contributed by atoms with Gasteiger partial charge >= 0.3 is 5.97 Å². The largest absolute Gasteiger partial charge is 0.507 e. The molecule has 7 rings (SSSR count). The van der Waals surface area contributed by atoms with Crippen molar-refractivity contribution < 1.29 is 33.6 Å². The standard InChI is InChI=1S/C37H41N3O7/c1-20-13-24-14-26-28(16-38)40-27(33(39(26)4)31(24)35(21(20)2)45-18-43-5)15-25-32(37-36(46-19-47-37)22(3)34(25)42)29(40)17-44-30(41)12-11-23-9-7-6-8-10-23/h6-10,13,26-29,33,42H,11-12,14-15,17-19H2,1-5H3/t26-,27?,28+,29+,33+/m1/s1. The van der Waals surface area contributed by atoms with Gasteiger partial charge in [-0.2, -0.15) is 5.26 Å². The topological polar surface area (TPSA) is 114 Å². The summed E-state index contributed by atoms with van der Waals surface area (Å²) >= 11 is 0. The van der Waals surface area contributed by atoms with E-state index >= 15 is 0 Å². The molecule has 3 aromatic carbocycles. The Hall–Kier alpha value is -4.30. The lowest BCUT2D eigenvalue weighted by atomic mass is 9.71. The van der Waals surface area contributed by atoms with E-state index in [0.717, 1.165) is 44.7 Å². The fourth-order valence-electron chi connectivity index (χ4n) is 8.29. The molecule has 10 heteroatoms. The predicted molar refractivity (Wildman–Crippen MR) is 173 cm³/mol. The lowest BCUT2D eigenvalue weighted by Gasteiger charge is -2.60. The zero-order valence-corrected chi connectivity index (χ0v) is 27.5. The number of ether oxygens (including phenoxy) is 5. The van der Waals surface area contributed by atoms with Crippen LogP contribution in [0.5, 0.6) is 23.0 Å². The van der Waals surface area contributed by atoms with Gasteiger partial charge in [-0.25, -0.2) is 0 Å². The zero-order chi connectivity index (χ0) is 33.0. The Morgan fingerprint density at radius 1 is 1.06 bits per heavy atom. The lowest BCUT2D eigenvalue weighted by Crippen LogP contribution is -2.68. The first kappa shape index (κ1) is 31.3. The Morgan fingerprint density at radius 2 is 1.83 bits per heavy atom. The molecular formula is C37H41N3O7. The number of carbonyl (C=O) groups excluding carboxylic acids is 1. The molecule has 246 valence electrons. The van der Waals surface area contributed by atoms with Crippen LogP contribution < -0.4 is 14.2 Å². The maximum Gasteiger partial charge on any atom is 0.306 e. The molecule has 1 fully saturated rings. The van der Waals surface area contributed by atoms with Crippen LogP contribution in [0.2, 0.25) is 0 Å². The highest BCUT2D eigenvalue weighted by Gasteiger charge is 2.57. The minimum atomic E-state index is -0.550. The molecule has 0 radical (unpaired) electrons. The van der Waals surface area contributed by atoms with E-state index in [1.807, 2.05) is 37.3 Å². The van der Waals surface area contributed by atoms with E-state index in [9.17, 15) is 15.2 Å². The molecule has 3 aromatic rings. The lowest BCUT2D eigenvalue weighted by molar-refractivity contribution is -0.149. The van der Waals surface area contributed by atoms with Gasteiger partial charge in [0.1, 0.15) is 24.1 Å². The van der Waals surface area contributed by atoms with Gasteiger partial charge in [-0.3, -0.25) is 14.6 Å². The summed E-state index contributed by atoms with van der Waals surface area (Å²) in [4.78, 5) is 17.7. The van der Waals surface area contributed by atoms with Crippen LogP contribution >= 0.6 is 0 Å². The summed E-state index contributed by atoms with van der Waals surface area (Å²) in [5, 5.41) is 22.5. The van der Waals surface area contributed by atoms with Gasteiger partial charge < -0.3 is 28.8 Å². The number of nitriles is 1. The second-order valence-corrected chi connectivity index (χ2v) is 13.1. The highest BCUT2D eigenvalue weighted by molar-refractivity contribution is 5.70. The number of piperazine rings is 1. The summed E-state index contributed by atoms with van der Waals surface area (Å²) in [6, 6.07) is 13.1. The number of aromatic hydroxyl groups is 1.